The van der Waals surface area contributed by atoms with Crippen molar-refractivity contribution in [2.45, 2.75) is 13.8 Å². The number of benzene rings is 1. The van der Waals surface area contributed by atoms with Gasteiger partial charge in [0, 0.05) is 6.92 Å². The first kappa shape index (κ1) is 13.6. The first-order valence-corrected chi connectivity index (χ1v) is 5.02. The van der Waals surface area contributed by atoms with Crippen LogP contribution in [0.1, 0.15) is 22.8 Å². The molecule has 0 spiro atoms. The molecule has 1 N–H and O–H groups in total. The fourth-order valence-corrected chi connectivity index (χ4v) is 1.53. The minimum Gasteiger partial charge on any atom is -0.465 e. The molecule has 96 valence electrons. The molecule has 1 amide bonds. The van der Waals surface area contributed by atoms with E-state index in [-0.39, 0.29) is 11.3 Å². The van der Waals surface area contributed by atoms with Gasteiger partial charge in [-0.3, -0.25) is 14.9 Å². The van der Waals surface area contributed by atoms with Gasteiger partial charge in [0.2, 0.25) is 5.91 Å². The molecule has 0 saturated heterocycles. The number of nitro groups is 1. The fraction of sp³-hybridized carbons (Fsp3) is 0.273. The van der Waals surface area contributed by atoms with Gasteiger partial charge in [-0.2, -0.15) is 0 Å². The van der Waals surface area contributed by atoms with Gasteiger partial charge >= 0.3 is 11.7 Å². The molecule has 0 radical (unpaired) electrons. The number of hydrogen-bond donors (Lipinski definition) is 1. The number of ether oxygens (including phenoxy) is 1. The molecule has 0 aromatic heterocycles. The van der Waals surface area contributed by atoms with Crippen LogP contribution in [0.15, 0.2) is 12.1 Å². The second-order valence-corrected chi connectivity index (χ2v) is 3.58. The summed E-state index contributed by atoms with van der Waals surface area (Å²) in [6.45, 7) is 2.78. The highest BCUT2D eigenvalue weighted by molar-refractivity contribution is 6.01. The molecule has 0 saturated carbocycles. The van der Waals surface area contributed by atoms with E-state index < -0.39 is 22.5 Å². The SMILES string of the molecule is COC(=O)c1c(C)ccc(NC(C)=O)c1[N+](=O)[O-]. The zero-order valence-corrected chi connectivity index (χ0v) is 10.1. The number of carbonyl (C=O) groups excluding carboxylic acids is 2. The third-order valence-electron chi connectivity index (χ3n) is 2.27. The minimum atomic E-state index is -0.814. The Kier molecular flexibility index (Phi) is 3.98. The summed E-state index contributed by atoms with van der Waals surface area (Å²) in [6, 6.07) is 2.88. The summed E-state index contributed by atoms with van der Waals surface area (Å²) in [7, 11) is 1.14. The predicted molar refractivity (Wildman–Crippen MR) is 63.5 cm³/mol. The molecule has 1 aromatic rings. The number of nitro benzene ring substituents is 1. The van der Waals surface area contributed by atoms with Crippen molar-refractivity contribution in [1.29, 1.82) is 0 Å². The molecule has 7 nitrogen and oxygen atoms in total. The lowest BCUT2D eigenvalue weighted by molar-refractivity contribution is -0.384. The van der Waals surface area contributed by atoms with Crippen molar-refractivity contribution in [3.05, 3.63) is 33.4 Å². The molecule has 0 aliphatic heterocycles. The van der Waals surface area contributed by atoms with Gasteiger partial charge < -0.3 is 10.1 Å². The maximum Gasteiger partial charge on any atom is 0.345 e. The van der Waals surface area contributed by atoms with E-state index in [0.29, 0.717) is 5.56 Å². The number of esters is 1. The van der Waals surface area contributed by atoms with Gasteiger partial charge in [-0.25, -0.2) is 4.79 Å². The quantitative estimate of drug-likeness (QED) is 0.501. The Bertz CT molecular complexity index is 524. The number of rotatable bonds is 3. The van der Waals surface area contributed by atoms with Gasteiger partial charge in [0.15, 0.2) is 0 Å². The number of nitrogens with zero attached hydrogens (tertiary/aromatic N) is 1. The summed E-state index contributed by atoms with van der Waals surface area (Å²) < 4.78 is 4.51. The average molecular weight is 252 g/mol. The van der Waals surface area contributed by atoms with Crippen LogP contribution in [0.25, 0.3) is 0 Å². The van der Waals surface area contributed by atoms with E-state index in [9.17, 15) is 19.7 Å². The summed E-state index contributed by atoms with van der Waals surface area (Å²) in [4.78, 5) is 32.9. The second-order valence-electron chi connectivity index (χ2n) is 3.58. The number of anilines is 1. The van der Waals surface area contributed by atoms with E-state index in [1.807, 2.05) is 0 Å². The number of carbonyl (C=O) groups is 2. The van der Waals surface area contributed by atoms with Crippen LogP contribution in [0.5, 0.6) is 0 Å². The standard InChI is InChI=1S/C11H12N2O5/c1-6-4-5-8(12-7(2)14)10(13(16)17)9(6)11(15)18-3/h4-5H,1-3H3,(H,12,14). The highest BCUT2D eigenvalue weighted by atomic mass is 16.6. The lowest BCUT2D eigenvalue weighted by atomic mass is 10.0. The predicted octanol–water partition coefficient (Wildman–Crippen LogP) is 1.65. The van der Waals surface area contributed by atoms with Gasteiger partial charge in [-0.1, -0.05) is 6.07 Å². The highest BCUT2D eigenvalue weighted by Gasteiger charge is 2.27. The molecular weight excluding hydrogens is 240 g/mol. The number of methoxy groups -OCH3 is 1. The zero-order chi connectivity index (χ0) is 13.9. The average Bonchev–Trinajstić information content (AvgIpc) is 2.29. The largest absolute Gasteiger partial charge is 0.465 e. The van der Waals surface area contributed by atoms with Crippen LogP contribution in [0.3, 0.4) is 0 Å². The van der Waals surface area contributed by atoms with Crippen molar-refractivity contribution in [2.24, 2.45) is 0 Å². The smallest absolute Gasteiger partial charge is 0.345 e. The van der Waals surface area contributed by atoms with Crippen molar-refractivity contribution in [1.82, 2.24) is 0 Å². The molecule has 0 heterocycles. The number of amides is 1. The molecule has 0 aliphatic carbocycles. The Balaban J connectivity index is 3.52. The third-order valence-corrected chi connectivity index (χ3v) is 2.27. The molecule has 18 heavy (non-hydrogen) atoms. The lowest BCUT2D eigenvalue weighted by Gasteiger charge is -2.09. The van der Waals surface area contributed by atoms with Crippen LogP contribution in [0, 0.1) is 17.0 Å². The summed E-state index contributed by atoms with van der Waals surface area (Å²) >= 11 is 0. The van der Waals surface area contributed by atoms with Crippen LogP contribution < -0.4 is 5.32 Å². The van der Waals surface area contributed by atoms with E-state index in [1.165, 1.54) is 19.1 Å². The van der Waals surface area contributed by atoms with Crippen LogP contribution in [-0.4, -0.2) is 23.9 Å². The Morgan fingerprint density at radius 3 is 2.44 bits per heavy atom. The summed E-state index contributed by atoms with van der Waals surface area (Å²) in [5.41, 5.74) is -0.244. The Morgan fingerprint density at radius 2 is 2.00 bits per heavy atom. The van der Waals surface area contributed by atoms with Gasteiger partial charge in [-0.05, 0) is 18.6 Å². The normalized spacial score (nSPS) is 9.72. The maximum atomic E-state index is 11.6. The molecular formula is C11H12N2O5. The first-order chi connectivity index (χ1) is 8.38. The molecule has 1 rings (SSSR count). The topological polar surface area (TPSA) is 98.5 Å². The Hall–Kier alpha value is -2.44. The van der Waals surface area contributed by atoms with E-state index in [1.54, 1.807) is 6.92 Å². The molecule has 0 bridgehead atoms. The van der Waals surface area contributed by atoms with E-state index in [4.69, 9.17) is 0 Å². The van der Waals surface area contributed by atoms with E-state index >= 15 is 0 Å². The molecule has 0 atom stereocenters. The summed E-state index contributed by atoms with van der Waals surface area (Å²) in [5, 5.41) is 13.4. The van der Waals surface area contributed by atoms with Crippen LogP contribution in [-0.2, 0) is 9.53 Å². The van der Waals surface area contributed by atoms with Crippen LogP contribution in [0.2, 0.25) is 0 Å². The summed E-state index contributed by atoms with van der Waals surface area (Å²) in [5.74, 6) is -1.27. The van der Waals surface area contributed by atoms with Gasteiger partial charge in [0.05, 0.1) is 12.0 Å². The maximum absolute atomic E-state index is 11.6. The number of aryl methyl sites for hydroxylation is 1. The second kappa shape index (κ2) is 5.26. The van der Waals surface area contributed by atoms with Crippen molar-refractivity contribution in [2.75, 3.05) is 12.4 Å². The zero-order valence-electron chi connectivity index (χ0n) is 10.1. The van der Waals surface area contributed by atoms with Crippen molar-refractivity contribution >= 4 is 23.3 Å². The minimum absolute atomic E-state index is 0.0292. The molecule has 0 unspecified atom stereocenters. The van der Waals surface area contributed by atoms with E-state index in [0.717, 1.165) is 7.11 Å². The Morgan fingerprint density at radius 1 is 1.39 bits per heavy atom. The molecule has 7 heteroatoms. The number of hydrogen-bond acceptors (Lipinski definition) is 5. The molecule has 0 aliphatic rings. The van der Waals surface area contributed by atoms with Gasteiger partial charge in [0.25, 0.3) is 0 Å². The lowest BCUT2D eigenvalue weighted by Crippen LogP contribution is -2.13. The number of nitrogens with one attached hydrogen (secondary N) is 1. The van der Waals surface area contributed by atoms with Crippen molar-refractivity contribution < 1.29 is 19.2 Å². The van der Waals surface area contributed by atoms with E-state index in [2.05, 4.69) is 10.1 Å². The highest BCUT2D eigenvalue weighted by Crippen LogP contribution is 2.31. The first-order valence-electron chi connectivity index (χ1n) is 5.02. The molecule has 1 aromatic carbocycles. The van der Waals surface area contributed by atoms with Gasteiger partial charge in [0.1, 0.15) is 11.3 Å². The summed E-state index contributed by atoms with van der Waals surface area (Å²) in [6.07, 6.45) is 0. The molecule has 0 fully saturated rings. The van der Waals surface area contributed by atoms with Crippen molar-refractivity contribution in [3.8, 4) is 0 Å². The van der Waals surface area contributed by atoms with Gasteiger partial charge in [-0.15, -0.1) is 0 Å². The Labute approximate surface area is 103 Å². The fourth-order valence-electron chi connectivity index (χ4n) is 1.53. The van der Waals surface area contributed by atoms with Crippen molar-refractivity contribution in [3.63, 3.8) is 0 Å². The van der Waals surface area contributed by atoms with Crippen LogP contribution in [0.4, 0.5) is 11.4 Å². The monoisotopic (exact) mass is 252 g/mol. The van der Waals surface area contributed by atoms with Crippen LogP contribution >= 0.6 is 0 Å². The third kappa shape index (κ3) is 2.62.